The smallest absolute Gasteiger partial charge is 0.242 e. The van der Waals surface area contributed by atoms with Gasteiger partial charge >= 0.3 is 0 Å². The topological polar surface area (TPSA) is 101 Å². The van der Waals surface area contributed by atoms with Crippen LogP contribution in [0.1, 0.15) is 49.4 Å². The van der Waals surface area contributed by atoms with Crippen molar-refractivity contribution in [2.45, 2.75) is 50.0 Å². The number of sulfonamides is 1. The molecule has 1 unspecified atom stereocenters. The molecule has 1 saturated heterocycles. The molecule has 1 amide bonds. The minimum atomic E-state index is -3.64. The van der Waals surface area contributed by atoms with Crippen LogP contribution in [0.2, 0.25) is 0 Å². The van der Waals surface area contributed by atoms with Gasteiger partial charge in [-0.25, -0.2) is 12.7 Å². The van der Waals surface area contributed by atoms with Crippen LogP contribution in [0.3, 0.4) is 0 Å². The zero-order chi connectivity index (χ0) is 20.0. The fourth-order valence-electron chi connectivity index (χ4n) is 3.33. The zero-order valence-electron chi connectivity index (χ0n) is 16.1. The third-order valence-electron chi connectivity index (χ3n) is 5.05. The van der Waals surface area contributed by atoms with Gasteiger partial charge in [0, 0.05) is 44.7 Å². The molecule has 1 aromatic rings. The average Bonchev–Trinajstić information content (AvgIpc) is 2.67. The largest absolute Gasteiger partial charge is 0.338 e. The van der Waals surface area contributed by atoms with E-state index in [1.165, 1.54) is 42.5 Å². The lowest BCUT2D eigenvalue weighted by Gasteiger charge is -2.35. The van der Waals surface area contributed by atoms with E-state index in [0.29, 0.717) is 24.9 Å². The fraction of sp³-hybridized carbons (Fsp3) is 0.579. The average molecular weight is 396 g/mol. The molecule has 0 aliphatic carbocycles. The van der Waals surface area contributed by atoms with Crippen LogP contribution in [-0.2, 0) is 14.8 Å². The summed E-state index contributed by atoms with van der Waals surface area (Å²) < 4.78 is 26.5. The van der Waals surface area contributed by atoms with Gasteiger partial charge in [0.05, 0.1) is 4.90 Å². The van der Waals surface area contributed by atoms with E-state index >= 15 is 0 Å². The van der Waals surface area contributed by atoms with Crippen LogP contribution in [0.15, 0.2) is 29.2 Å². The second kappa shape index (κ2) is 9.43. The second-order valence-electron chi connectivity index (χ2n) is 6.98. The zero-order valence-corrected chi connectivity index (χ0v) is 16.9. The Hall–Kier alpha value is -1.77. The van der Waals surface area contributed by atoms with Crippen LogP contribution in [-0.4, -0.2) is 62.0 Å². The summed E-state index contributed by atoms with van der Waals surface area (Å²) in [6.45, 7) is 2.89. The van der Waals surface area contributed by atoms with Crippen molar-refractivity contribution in [1.82, 2.24) is 9.21 Å². The molecule has 1 heterocycles. The quantitative estimate of drug-likeness (QED) is 0.674. The van der Waals surface area contributed by atoms with Crippen molar-refractivity contribution in [3.05, 3.63) is 29.8 Å². The number of ketones is 1. The molecule has 0 bridgehead atoms. The SMILES string of the molecule is CC(=O)c1ccc(S(=O)(=O)N(C)CCCC(=O)N2CCCCC2CN)cc1. The van der Waals surface area contributed by atoms with Gasteiger partial charge in [-0.05, 0) is 44.7 Å². The van der Waals surface area contributed by atoms with E-state index in [2.05, 4.69) is 0 Å². The van der Waals surface area contributed by atoms with E-state index in [0.717, 1.165) is 25.8 Å². The number of carbonyl (C=O) groups excluding carboxylic acids is 2. The molecule has 0 radical (unpaired) electrons. The van der Waals surface area contributed by atoms with Crippen molar-refractivity contribution in [3.63, 3.8) is 0 Å². The Labute approximate surface area is 161 Å². The maximum absolute atomic E-state index is 12.6. The van der Waals surface area contributed by atoms with E-state index in [-0.39, 0.29) is 29.2 Å². The number of amides is 1. The molecule has 1 fully saturated rings. The minimum absolute atomic E-state index is 0.0433. The molecule has 27 heavy (non-hydrogen) atoms. The molecule has 1 aromatic carbocycles. The van der Waals surface area contributed by atoms with Crippen molar-refractivity contribution >= 4 is 21.7 Å². The first-order valence-corrected chi connectivity index (χ1v) is 10.8. The summed E-state index contributed by atoms with van der Waals surface area (Å²) in [7, 11) is -2.14. The van der Waals surface area contributed by atoms with Gasteiger partial charge in [-0.15, -0.1) is 0 Å². The maximum Gasteiger partial charge on any atom is 0.242 e. The molecule has 1 aliphatic rings. The predicted octanol–water partition coefficient (Wildman–Crippen LogP) is 1.63. The van der Waals surface area contributed by atoms with Crippen LogP contribution >= 0.6 is 0 Å². The number of likely N-dealkylation sites (tertiary alicyclic amines) is 1. The number of piperidine rings is 1. The van der Waals surface area contributed by atoms with E-state index in [4.69, 9.17) is 5.73 Å². The Morgan fingerprint density at radius 2 is 1.89 bits per heavy atom. The van der Waals surface area contributed by atoms with Crippen LogP contribution in [0, 0.1) is 0 Å². The number of hydrogen-bond acceptors (Lipinski definition) is 5. The van der Waals surface area contributed by atoms with Crippen LogP contribution in [0.25, 0.3) is 0 Å². The highest BCUT2D eigenvalue weighted by molar-refractivity contribution is 7.89. The molecule has 0 aromatic heterocycles. The Bertz CT molecular complexity index is 762. The third-order valence-corrected chi connectivity index (χ3v) is 6.92. The number of nitrogens with zero attached hydrogens (tertiary/aromatic N) is 2. The summed E-state index contributed by atoms with van der Waals surface area (Å²) in [6, 6.07) is 6.00. The Morgan fingerprint density at radius 3 is 2.48 bits per heavy atom. The van der Waals surface area contributed by atoms with Gasteiger partial charge in [0.25, 0.3) is 0 Å². The number of Topliss-reactive ketones (excluding diaryl/α,β-unsaturated/α-hetero) is 1. The molecule has 8 heteroatoms. The highest BCUT2D eigenvalue weighted by Gasteiger charge is 2.26. The number of benzene rings is 1. The molecule has 0 saturated carbocycles. The molecular formula is C19H29N3O4S. The summed E-state index contributed by atoms with van der Waals surface area (Å²) in [6.07, 6.45) is 3.78. The molecule has 1 atom stereocenters. The molecule has 2 rings (SSSR count). The first-order valence-electron chi connectivity index (χ1n) is 9.34. The molecule has 1 aliphatic heterocycles. The van der Waals surface area contributed by atoms with Gasteiger partial charge in [-0.1, -0.05) is 12.1 Å². The Morgan fingerprint density at radius 1 is 1.22 bits per heavy atom. The van der Waals surface area contributed by atoms with Gasteiger partial charge in [0.1, 0.15) is 0 Å². The minimum Gasteiger partial charge on any atom is -0.338 e. The standard InChI is InChI=1S/C19H29N3O4S/c1-15(23)16-8-10-18(11-9-16)27(25,26)21(2)12-5-7-19(24)22-13-4-3-6-17(22)14-20/h8-11,17H,3-7,12-14,20H2,1-2H3. The number of carbonyl (C=O) groups is 2. The van der Waals surface area contributed by atoms with Crippen LogP contribution in [0.4, 0.5) is 0 Å². The third kappa shape index (κ3) is 5.37. The molecule has 2 N–H and O–H groups in total. The van der Waals surface area contributed by atoms with Crippen molar-refractivity contribution in [3.8, 4) is 0 Å². The van der Waals surface area contributed by atoms with Gasteiger partial charge in [-0.3, -0.25) is 9.59 Å². The number of hydrogen-bond donors (Lipinski definition) is 1. The molecule has 7 nitrogen and oxygen atoms in total. The summed E-state index contributed by atoms with van der Waals surface area (Å²) in [4.78, 5) is 25.7. The van der Waals surface area contributed by atoms with Crippen molar-refractivity contribution < 1.29 is 18.0 Å². The number of nitrogens with two attached hydrogens (primary N) is 1. The van der Waals surface area contributed by atoms with Crippen molar-refractivity contribution in [2.75, 3.05) is 26.7 Å². The summed E-state index contributed by atoms with van der Waals surface area (Å²) in [5.74, 6) is -0.0685. The lowest BCUT2D eigenvalue weighted by molar-refractivity contribution is -0.134. The number of rotatable bonds is 8. The van der Waals surface area contributed by atoms with Crippen LogP contribution in [0.5, 0.6) is 0 Å². The highest BCUT2D eigenvalue weighted by atomic mass is 32.2. The van der Waals surface area contributed by atoms with Crippen molar-refractivity contribution in [1.29, 1.82) is 0 Å². The fourth-order valence-corrected chi connectivity index (χ4v) is 4.54. The normalized spacial score (nSPS) is 17.9. The second-order valence-corrected chi connectivity index (χ2v) is 9.03. The van der Waals surface area contributed by atoms with Gasteiger partial charge in [-0.2, -0.15) is 0 Å². The maximum atomic E-state index is 12.6. The molecular weight excluding hydrogens is 366 g/mol. The lowest BCUT2D eigenvalue weighted by atomic mass is 10.0. The highest BCUT2D eigenvalue weighted by Crippen LogP contribution is 2.19. The van der Waals surface area contributed by atoms with Gasteiger partial charge in [0.2, 0.25) is 15.9 Å². The van der Waals surface area contributed by atoms with Gasteiger partial charge < -0.3 is 10.6 Å². The predicted molar refractivity (Wildman–Crippen MR) is 104 cm³/mol. The van der Waals surface area contributed by atoms with Crippen LogP contribution < -0.4 is 5.73 Å². The molecule has 0 spiro atoms. The van der Waals surface area contributed by atoms with E-state index < -0.39 is 10.0 Å². The van der Waals surface area contributed by atoms with E-state index in [1.54, 1.807) is 0 Å². The monoisotopic (exact) mass is 395 g/mol. The molecule has 150 valence electrons. The Kier molecular flexibility index (Phi) is 7.52. The lowest BCUT2D eigenvalue weighted by Crippen LogP contribution is -2.47. The summed E-state index contributed by atoms with van der Waals surface area (Å²) in [5.41, 5.74) is 6.23. The summed E-state index contributed by atoms with van der Waals surface area (Å²) >= 11 is 0. The first kappa shape index (κ1) is 21.5. The van der Waals surface area contributed by atoms with Crippen molar-refractivity contribution in [2.24, 2.45) is 5.73 Å². The van der Waals surface area contributed by atoms with E-state index in [9.17, 15) is 18.0 Å². The van der Waals surface area contributed by atoms with Gasteiger partial charge in [0.15, 0.2) is 5.78 Å². The Balaban J connectivity index is 1.91. The summed E-state index contributed by atoms with van der Waals surface area (Å²) in [5, 5.41) is 0. The van der Waals surface area contributed by atoms with E-state index in [1.807, 2.05) is 4.90 Å². The first-order chi connectivity index (χ1) is 12.8.